The third-order valence-corrected chi connectivity index (χ3v) is 3.66. The van der Waals surface area contributed by atoms with Gasteiger partial charge >= 0.3 is 0 Å². The Hall–Kier alpha value is -1.95. The summed E-state index contributed by atoms with van der Waals surface area (Å²) in [7, 11) is 0. The normalized spacial score (nSPS) is 10.4. The molecule has 6 heteroatoms. The van der Waals surface area contributed by atoms with Crippen LogP contribution in [-0.2, 0) is 6.54 Å². The number of hydrogen-bond acceptors (Lipinski definition) is 5. The van der Waals surface area contributed by atoms with Gasteiger partial charge in [0.1, 0.15) is 4.88 Å². The second-order valence-electron chi connectivity index (χ2n) is 4.25. The summed E-state index contributed by atoms with van der Waals surface area (Å²) in [5.41, 5.74) is 8.15. The molecule has 0 bridgehead atoms. The van der Waals surface area contributed by atoms with Crippen molar-refractivity contribution in [3.05, 3.63) is 40.4 Å². The van der Waals surface area contributed by atoms with Gasteiger partial charge in [-0.05, 0) is 43.1 Å². The lowest BCUT2D eigenvalue weighted by Gasteiger charge is -2.20. The molecule has 0 atom stereocenters. The molecule has 0 aliphatic rings. The minimum Gasteiger partial charge on any atom is -0.399 e. The summed E-state index contributed by atoms with van der Waals surface area (Å²) in [6, 6.07) is 7.57. The molecule has 0 radical (unpaired) electrons. The Labute approximate surface area is 116 Å². The fraction of sp³-hybridized carbons (Fsp3) is 0.308. The lowest BCUT2D eigenvalue weighted by Crippen LogP contribution is -2.30. The van der Waals surface area contributed by atoms with Gasteiger partial charge in [-0.25, -0.2) is 0 Å². The van der Waals surface area contributed by atoms with Gasteiger partial charge in [0.2, 0.25) is 0 Å². The summed E-state index contributed by atoms with van der Waals surface area (Å²) in [5.74, 6) is -0.0302. The van der Waals surface area contributed by atoms with E-state index in [2.05, 4.69) is 9.59 Å². The van der Waals surface area contributed by atoms with E-state index >= 15 is 0 Å². The maximum Gasteiger partial charge on any atom is 0.267 e. The molecule has 0 saturated carbocycles. The van der Waals surface area contributed by atoms with E-state index in [-0.39, 0.29) is 5.91 Å². The van der Waals surface area contributed by atoms with E-state index in [0.717, 1.165) is 17.1 Å². The van der Waals surface area contributed by atoms with E-state index in [1.54, 1.807) is 11.8 Å². The zero-order valence-corrected chi connectivity index (χ0v) is 11.8. The Bertz CT molecular complexity index is 582. The van der Waals surface area contributed by atoms with Gasteiger partial charge in [-0.2, -0.15) is 0 Å². The van der Waals surface area contributed by atoms with Gasteiger partial charge < -0.3 is 10.6 Å². The summed E-state index contributed by atoms with van der Waals surface area (Å²) in [6.45, 7) is 4.92. The Morgan fingerprint density at radius 1 is 1.47 bits per heavy atom. The average molecular weight is 276 g/mol. The molecule has 1 heterocycles. The van der Waals surface area contributed by atoms with Crippen LogP contribution in [0.25, 0.3) is 0 Å². The molecular weight excluding hydrogens is 260 g/mol. The molecule has 5 nitrogen and oxygen atoms in total. The van der Waals surface area contributed by atoms with Crippen molar-refractivity contribution in [2.45, 2.75) is 20.4 Å². The molecule has 1 aromatic carbocycles. The quantitative estimate of drug-likeness (QED) is 0.868. The van der Waals surface area contributed by atoms with E-state index < -0.39 is 0 Å². The summed E-state index contributed by atoms with van der Waals surface area (Å²) in [5, 5.41) is 3.88. The van der Waals surface area contributed by atoms with Crippen LogP contribution in [0.1, 0.15) is 27.9 Å². The van der Waals surface area contributed by atoms with Gasteiger partial charge in [-0.15, -0.1) is 5.10 Å². The van der Waals surface area contributed by atoms with Crippen molar-refractivity contribution in [1.82, 2.24) is 14.5 Å². The first-order valence-electron chi connectivity index (χ1n) is 6.04. The number of nitrogens with two attached hydrogens (primary N) is 1. The molecule has 0 spiro atoms. The van der Waals surface area contributed by atoms with Crippen molar-refractivity contribution < 1.29 is 4.79 Å². The minimum atomic E-state index is -0.0302. The van der Waals surface area contributed by atoms with Crippen LogP contribution >= 0.6 is 11.5 Å². The molecule has 19 heavy (non-hydrogen) atoms. The van der Waals surface area contributed by atoms with Gasteiger partial charge in [0, 0.05) is 18.8 Å². The van der Waals surface area contributed by atoms with Gasteiger partial charge in [-0.3, -0.25) is 4.79 Å². The van der Waals surface area contributed by atoms with E-state index in [9.17, 15) is 4.79 Å². The van der Waals surface area contributed by atoms with Crippen LogP contribution in [0.4, 0.5) is 5.69 Å². The highest BCUT2D eigenvalue weighted by Gasteiger charge is 2.19. The summed E-state index contributed by atoms with van der Waals surface area (Å²) < 4.78 is 3.80. The number of amides is 1. The standard InChI is InChI=1S/C13H16N4OS/c1-3-17(8-10-5-4-6-11(14)7-10)13(18)12-9(2)15-16-19-12/h4-7H,3,8,14H2,1-2H3. The molecule has 2 N–H and O–H groups in total. The monoisotopic (exact) mass is 276 g/mol. The Kier molecular flexibility index (Phi) is 4.11. The molecule has 0 unspecified atom stereocenters. The number of carbonyl (C=O) groups excluding carboxylic acids is 1. The third-order valence-electron chi connectivity index (χ3n) is 2.84. The lowest BCUT2D eigenvalue weighted by atomic mass is 10.2. The number of aryl methyl sites for hydroxylation is 1. The van der Waals surface area contributed by atoms with E-state index in [4.69, 9.17) is 5.73 Å². The number of hydrogen-bond donors (Lipinski definition) is 1. The second-order valence-corrected chi connectivity index (χ2v) is 5.01. The topological polar surface area (TPSA) is 72.1 Å². The van der Waals surface area contributed by atoms with Crippen LogP contribution in [0, 0.1) is 6.92 Å². The summed E-state index contributed by atoms with van der Waals surface area (Å²) >= 11 is 1.14. The van der Waals surface area contributed by atoms with Crippen molar-refractivity contribution in [1.29, 1.82) is 0 Å². The summed E-state index contributed by atoms with van der Waals surface area (Å²) in [4.78, 5) is 14.7. The van der Waals surface area contributed by atoms with E-state index in [0.29, 0.717) is 29.3 Å². The van der Waals surface area contributed by atoms with Crippen LogP contribution in [-0.4, -0.2) is 26.9 Å². The van der Waals surface area contributed by atoms with E-state index in [1.807, 2.05) is 31.2 Å². The van der Waals surface area contributed by atoms with Crippen LogP contribution in [0.15, 0.2) is 24.3 Å². The average Bonchev–Trinajstić information content (AvgIpc) is 2.81. The highest BCUT2D eigenvalue weighted by Crippen LogP contribution is 2.16. The highest BCUT2D eigenvalue weighted by molar-refractivity contribution is 7.07. The van der Waals surface area contributed by atoms with Crippen molar-refractivity contribution in [2.24, 2.45) is 0 Å². The van der Waals surface area contributed by atoms with Gasteiger partial charge in [0.05, 0.1) is 5.69 Å². The van der Waals surface area contributed by atoms with E-state index in [1.165, 1.54) is 0 Å². The number of benzene rings is 1. The minimum absolute atomic E-state index is 0.0302. The van der Waals surface area contributed by atoms with Crippen LogP contribution in [0.2, 0.25) is 0 Å². The largest absolute Gasteiger partial charge is 0.399 e. The van der Waals surface area contributed by atoms with Gasteiger partial charge in [-0.1, -0.05) is 16.6 Å². The molecule has 100 valence electrons. The fourth-order valence-electron chi connectivity index (χ4n) is 1.81. The molecule has 1 amide bonds. The number of rotatable bonds is 4. The molecule has 2 rings (SSSR count). The van der Waals surface area contributed by atoms with Crippen LogP contribution < -0.4 is 5.73 Å². The van der Waals surface area contributed by atoms with Crippen molar-refractivity contribution >= 4 is 23.1 Å². The molecular formula is C13H16N4OS. The molecule has 0 fully saturated rings. The number of aromatic nitrogens is 2. The zero-order valence-electron chi connectivity index (χ0n) is 11.0. The number of nitrogens with zero attached hydrogens (tertiary/aromatic N) is 3. The predicted octanol–water partition coefficient (Wildman–Crippen LogP) is 2.09. The maximum atomic E-state index is 12.4. The molecule has 0 saturated heterocycles. The third kappa shape index (κ3) is 3.08. The molecule has 1 aromatic heterocycles. The van der Waals surface area contributed by atoms with Crippen LogP contribution in [0.5, 0.6) is 0 Å². The first kappa shape index (κ1) is 13.5. The van der Waals surface area contributed by atoms with Crippen molar-refractivity contribution in [3.8, 4) is 0 Å². The number of anilines is 1. The van der Waals surface area contributed by atoms with Gasteiger partial charge in [0.25, 0.3) is 5.91 Å². The Balaban J connectivity index is 2.17. The maximum absolute atomic E-state index is 12.4. The van der Waals surface area contributed by atoms with Crippen molar-refractivity contribution in [3.63, 3.8) is 0 Å². The number of carbonyl (C=O) groups is 1. The zero-order chi connectivity index (χ0) is 13.8. The summed E-state index contributed by atoms with van der Waals surface area (Å²) in [6.07, 6.45) is 0. The SMILES string of the molecule is CCN(Cc1cccc(N)c1)C(=O)c1snnc1C. The van der Waals surface area contributed by atoms with Gasteiger partial charge in [0.15, 0.2) is 0 Å². The predicted molar refractivity (Wildman–Crippen MR) is 75.9 cm³/mol. The van der Waals surface area contributed by atoms with Crippen LogP contribution in [0.3, 0.4) is 0 Å². The second kappa shape index (κ2) is 5.79. The first-order chi connectivity index (χ1) is 9.11. The first-order valence-corrected chi connectivity index (χ1v) is 6.81. The Morgan fingerprint density at radius 3 is 2.84 bits per heavy atom. The lowest BCUT2D eigenvalue weighted by molar-refractivity contribution is 0.0756. The van der Waals surface area contributed by atoms with Crippen molar-refractivity contribution in [2.75, 3.05) is 12.3 Å². The molecule has 0 aliphatic carbocycles. The Morgan fingerprint density at radius 2 is 2.26 bits per heavy atom. The smallest absolute Gasteiger partial charge is 0.267 e. The molecule has 2 aromatic rings. The highest BCUT2D eigenvalue weighted by atomic mass is 32.1. The fourth-order valence-corrected chi connectivity index (χ4v) is 2.44. The number of nitrogen functional groups attached to an aromatic ring is 1. The molecule has 0 aliphatic heterocycles.